The Morgan fingerprint density at radius 1 is 1.08 bits per heavy atom. The van der Waals surface area contributed by atoms with Crippen LogP contribution in [-0.4, -0.2) is 54.7 Å². The summed E-state index contributed by atoms with van der Waals surface area (Å²) < 4.78 is 27.2. The molecule has 0 spiro atoms. The van der Waals surface area contributed by atoms with Gasteiger partial charge < -0.3 is 9.88 Å². The third kappa shape index (κ3) is 3.04. The molecule has 6 nitrogen and oxygen atoms in total. The summed E-state index contributed by atoms with van der Waals surface area (Å²) in [4.78, 5) is 18.5. The summed E-state index contributed by atoms with van der Waals surface area (Å²) in [6.07, 6.45) is 0. The molecule has 0 aliphatic carbocycles. The largest absolute Gasteiger partial charge is 0.351 e. The fourth-order valence-corrected chi connectivity index (χ4v) is 6.03. The second-order valence-corrected chi connectivity index (χ2v) is 9.78. The van der Waals surface area contributed by atoms with E-state index in [1.165, 1.54) is 15.6 Å². The van der Waals surface area contributed by atoms with Crippen LogP contribution in [0.4, 0.5) is 0 Å². The van der Waals surface area contributed by atoms with Crippen molar-refractivity contribution in [3.63, 3.8) is 0 Å². The number of sulfonamides is 1. The lowest BCUT2D eigenvalue weighted by Crippen LogP contribution is -2.50. The Morgan fingerprint density at radius 3 is 2.46 bits per heavy atom. The number of amides is 1. The van der Waals surface area contributed by atoms with Gasteiger partial charge in [-0.15, -0.1) is 11.3 Å². The van der Waals surface area contributed by atoms with Crippen LogP contribution in [0.1, 0.15) is 15.4 Å². The molecule has 136 valence electrons. The number of aromatic amines is 1. The number of nitrogens with zero attached hydrogens (tertiary/aromatic N) is 2. The van der Waals surface area contributed by atoms with Crippen LogP contribution in [0, 0.1) is 6.92 Å². The maximum Gasteiger partial charge on any atom is 0.270 e. The van der Waals surface area contributed by atoms with Gasteiger partial charge in [0.2, 0.25) is 0 Å². The first kappa shape index (κ1) is 17.3. The average Bonchev–Trinajstić information content (AvgIpc) is 3.27. The van der Waals surface area contributed by atoms with Crippen LogP contribution in [0.3, 0.4) is 0 Å². The number of hydrogen-bond acceptors (Lipinski definition) is 4. The number of aryl methyl sites for hydroxylation is 1. The van der Waals surface area contributed by atoms with Crippen molar-refractivity contribution in [3.05, 3.63) is 53.0 Å². The lowest BCUT2D eigenvalue weighted by Gasteiger charge is -2.33. The number of rotatable bonds is 3. The summed E-state index contributed by atoms with van der Waals surface area (Å²) in [6, 6.07) is 13.0. The van der Waals surface area contributed by atoms with Crippen LogP contribution in [0.25, 0.3) is 10.9 Å². The van der Waals surface area contributed by atoms with Crippen molar-refractivity contribution >= 4 is 38.2 Å². The van der Waals surface area contributed by atoms with E-state index in [0.29, 0.717) is 36.1 Å². The molecule has 0 bridgehead atoms. The molecule has 0 atom stereocenters. The standard InChI is InChI=1S/C18H19N3O3S2/c1-13-6-7-17(25-13)26(23,24)21-10-8-20(9-11-21)18(22)16-12-14-4-2-3-5-15(14)19-16/h2-7,12,19H,8-11H2,1H3. The maximum atomic E-state index is 12.7. The van der Waals surface area contributed by atoms with Crippen LogP contribution in [0.5, 0.6) is 0 Å². The molecular weight excluding hydrogens is 370 g/mol. The van der Waals surface area contributed by atoms with Crippen molar-refractivity contribution in [3.8, 4) is 0 Å². The zero-order valence-corrected chi connectivity index (χ0v) is 15.9. The number of benzene rings is 1. The number of piperazine rings is 1. The van der Waals surface area contributed by atoms with E-state index in [4.69, 9.17) is 0 Å². The molecule has 3 aromatic rings. The highest BCUT2D eigenvalue weighted by Gasteiger charge is 2.31. The SMILES string of the molecule is Cc1ccc(S(=O)(=O)N2CCN(C(=O)c3cc4ccccc4[nH]3)CC2)s1. The number of thiophene rings is 1. The van der Waals surface area contributed by atoms with E-state index in [0.717, 1.165) is 15.8 Å². The molecule has 0 radical (unpaired) electrons. The second-order valence-electron chi connectivity index (χ2n) is 6.33. The van der Waals surface area contributed by atoms with Crippen molar-refractivity contribution in [1.29, 1.82) is 0 Å². The van der Waals surface area contributed by atoms with Crippen LogP contribution >= 0.6 is 11.3 Å². The van der Waals surface area contributed by atoms with Gasteiger partial charge in [0.15, 0.2) is 0 Å². The van der Waals surface area contributed by atoms with E-state index >= 15 is 0 Å². The lowest BCUT2D eigenvalue weighted by molar-refractivity contribution is 0.0693. The Morgan fingerprint density at radius 2 is 1.81 bits per heavy atom. The number of hydrogen-bond donors (Lipinski definition) is 1. The molecule has 1 saturated heterocycles. The van der Waals surface area contributed by atoms with Gasteiger partial charge in [-0.25, -0.2) is 8.42 Å². The molecule has 26 heavy (non-hydrogen) atoms. The Labute approximate surface area is 156 Å². The van der Waals surface area contributed by atoms with Gasteiger partial charge in [-0.3, -0.25) is 4.79 Å². The number of H-pyrrole nitrogens is 1. The van der Waals surface area contributed by atoms with Gasteiger partial charge >= 0.3 is 0 Å². The quantitative estimate of drug-likeness (QED) is 0.748. The molecule has 1 N–H and O–H groups in total. The highest BCUT2D eigenvalue weighted by atomic mass is 32.2. The highest BCUT2D eigenvalue weighted by Crippen LogP contribution is 2.25. The summed E-state index contributed by atoms with van der Waals surface area (Å²) in [5, 5.41) is 0.991. The van der Waals surface area contributed by atoms with E-state index in [9.17, 15) is 13.2 Å². The molecule has 0 unspecified atom stereocenters. The number of nitrogens with one attached hydrogen (secondary N) is 1. The number of carbonyl (C=O) groups excluding carboxylic acids is 1. The van der Waals surface area contributed by atoms with E-state index in [1.807, 2.05) is 43.3 Å². The molecule has 8 heteroatoms. The maximum absolute atomic E-state index is 12.7. The van der Waals surface area contributed by atoms with Crippen molar-refractivity contribution in [2.24, 2.45) is 0 Å². The molecule has 4 rings (SSSR count). The normalized spacial score (nSPS) is 16.3. The van der Waals surface area contributed by atoms with Gasteiger partial charge in [0.25, 0.3) is 15.9 Å². The molecule has 1 amide bonds. The lowest BCUT2D eigenvalue weighted by atomic mass is 10.2. The fourth-order valence-electron chi connectivity index (χ4n) is 3.17. The fraction of sp³-hybridized carbons (Fsp3) is 0.278. The van der Waals surface area contributed by atoms with Crippen molar-refractivity contribution in [2.75, 3.05) is 26.2 Å². The molecular formula is C18H19N3O3S2. The number of aromatic nitrogens is 1. The topological polar surface area (TPSA) is 73.5 Å². The van der Waals surface area contributed by atoms with Crippen LogP contribution in [0.2, 0.25) is 0 Å². The molecule has 1 aliphatic heterocycles. The Hall–Kier alpha value is -2.16. The van der Waals surface area contributed by atoms with Gasteiger partial charge in [0.05, 0.1) is 0 Å². The Bertz CT molecular complexity index is 1030. The minimum atomic E-state index is -3.47. The monoisotopic (exact) mass is 389 g/mol. The number of para-hydroxylation sites is 1. The van der Waals surface area contributed by atoms with Crippen LogP contribution < -0.4 is 0 Å². The van der Waals surface area contributed by atoms with Crippen molar-refractivity contribution in [1.82, 2.24) is 14.2 Å². The summed E-state index contributed by atoms with van der Waals surface area (Å²) in [5.41, 5.74) is 1.46. The third-order valence-electron chi connectivity index (χ3n) is 4.60. The zero-order valence-electron chi connectivity index (χ0n) is 14.3. The van der Waals surface area contributed by atoms with E-state index in [2.05, 4.69) is 4.98 Å². The predicted octanol–water partition coefficient (Wildman–Crippen LogP) is 2.68. The van der Waals surface area contributed by atoms with E-state index in [1.54, 1.807) is 11.0 Å². The molecule has 0 saturated carbocycles. The highest BCUT2D eigenvalue weighted by molar-refractivity contribution is 7.91. The summed E-state index contributed by atoms with van der Waals surface area (Å²) in [7, 11) is -3.47. The summed E-state index contributed by atoms with van der Waals surface area (Å²) in [6.45, 7) is 3.28. The van der Waals surface area contributed by atoms with Crippen molar-refractivity contribution in [2.45, 2.75) is 11.1 Å². The van der Waals surface area contributed by atoms with E-state index < -0.39 is 10.0 Å². The summed E-state index contributed by atoms with van der Waals surface area (Å²) in [5.74, 6) is -0.0924. The van der Waals surface area contributed by atoms with E-state index in [-0.39, 0.29) is 5.91 Å². The summed E-state index contributed by atoms with van der Waals surface area (Å²) >= 11 is 1.28. The predicted molar refractivity (Wildman–Crippen MR) is 102 cm³/mol. The van der Waals surface area contributed by atoms with Crippen LogP contribution in [-0.2, 0) is 10.0 Å². The second kappa shape index (κ2) is 6.53. The van der Waals surface area contributed by atoms with Gasteiger partial charge in [-0.2, -0.15) is 4.31 Å². The van der Waals surface area contributed by atoms with Crippen LogP contribution in [0.15, 0.2) is 46.7 Å². The van der Waals surface area contributed by atoms with Gasteiger partial charge in [0, 0.05) is 42.0 Å². The van der Waals surface area contributed by atoms with Gasteiger partial charge in [-0.05, 0) is 31.2 Å². The smallest absolute Gasteiger partial charge is 0.270 e. The van der Waals surface area contributed by atoms with Crippen molar-refractivity contribution < 1.29 is 13.2 Å². The third-order valence-corrected chi connectivity index (χ3v) is 7.96. The number of carbonyl (C=O) groups is 1. The molecule has 3 heterocycles. The first-order valence-corrected chi connectivity index (χ1v) is 10.6. The average molecular weight is 390 g/mol. The number of fused-ring (bicyclic) bond motifs is 1. The molecule has 1 aliphatic rings. The van der Waals surface area contributed by atoms with Gasteiger partial charge in [0.1, 0.15) is 9.90 Å². The minimum Gasteiger partial charge on any atom is -0.351 e. The Balaban J connectivity index is 1.47. The molecule has 1 aromatic carbocycles. The Kier molecular flexibility index (Phi) is 4.34. The zero-order chi connectivity index (χ0) is 18.3. The van der Waals surface area contributed by atoms with Gasteiger partial charge in [-0.1, -0.05) is 18.2 Å². The molecule has 2 aromatic heterocycles. The molecule has 1 fully saturated rings. The first-order chi connectivity index (χ1) is 12.4. The first-order valence-electron chi connectivity index (χ1n) is 8.39. The minimum absolute atomic E-state index is 0.0924.